The number of nitrogens with one attached hydrogen (secondary N) is 2. The molecule has 1 aliphatic carbocycles. The van der Waals surface area contributed by atoms with Gasteiger partial charge in [0.15, 0.2) is 5.78 Å². The van der Waals surface area contributed by atoms with Crippen LogP contribution in [-0.2, 0) is 22.9 Å². The van der Waals surface area contributed by atoms with Gasteiger partial charge in [-0.15, -0.1) is 16.2 Å². The number of Topliss-reactive ketones (excluding diaryl/α,β-unsaturated/α-hetero) is 1. The molecule has 144 valence electrons. The molecule has 3 rings (SSSR count). The Morgan fingerprint density at radius 1 is 1.22 bits per heavy atom. The van der Waals surface area contributed by atoms with Crippen molar-refractivity contribution in [3.05, 3.63) is 51.2 Å². The number of carbonyl (C=O) groups excluding carboxylic acids is 2. The van der Waals surface area contributed by atoms with Gasteiger partial charge >= 0.3 is 0 Å². The molecule has 2 aromatic rings. The average molecular weight is 407 g/mol. The predicted molar refractivity (Wildman–Crippen MR) is 104 cm³/mol. The van der Waals surface area contributed by atoms with E-state index >= 15 is 0 Å². The topological polar surface area (TPSA) is 92.3 Å². The maximum atomic E-state index is 12.4. The maximum Gasteiger partial charge on any atom is 0.276 e. The first-order valence-electron chi connectivity index (χ1n) is 8.85. The summed E-state index contributed by atoms with van der Waals surface area (Å²) in [6.07, 6.45) is 4.21. The Labute approximate surface area is 163 Å². The summed E-state index contributed by atoms with van der Waals surface area (Å²) in [5.74, 6) is 0.0399. The Morgan fingerprint density at radius 2 is 1.93 bits per heavy atom. The molecule has 1 atom stereocenters. The largest absolute Gasteiger partial charge is 0.295 e. The van der Waals surface area contributed by atoms with Crippen molar-refractivity contribution >= 4 is 33.1 Å². The SMILES string of the molecule is CC[C@@H]1CCc2sc(C(=O)NNS(=O)(=O)c3ccc(C(C)=O)cc3)cc2C1. The highest BCUT2D eigenvalue weighted by Crippen LogP contribution is 2.33. The van der Waals surface area contributed by atoms with E-state index in [1.165, 1.54) is 53.0 Å². The molecule has 0 spiro atoms. The van der Waals surface area contributed by atoms with Crippen LogP contribution in [0.5, 0.6) is 0 Å². The van der Waals surface area contributed by atoms with Gasteiger partial charge in [0.2, 0.25) is 0 Å². The molecule has 1 aromatic carbocycles. The van der Waals surface area contributed by atoms with Crippen LogP contribution in [0.3, 0.4) is 0 Å². The highest BCUT2D eigenvalue weighted by atomic mass is 32.2. The summed E-state index contributed by atoms with van der Waals surface area (Å²) in [6, 6.07) is 7.42. The standard InChI is InChI=1S/C19H22N2O4S2/c1-3-13-4-9-17-15(10-13)11-18(26-17)19(23)20-21-27(24,25)16-7-5-14(6-8-16)12(2)22/h5-8,11,13,21H,3-4,9-10H2,1-2H3,(H,20,23)/t13-/m1/s1. The Bertz CT molecular complexity index is 962. The van der Waals surface area contributed by atoms with Gasteiger partial charge in [-0.2, -0.15) is 0 Å². The smallest absolute Gasteiger partial charge is 0.276 e. The average Bonchev–Trinajstić information content (AvgIpc) is 3.09. The molecule has 0 bridgehead atoms. The third-order valence-electron chi connectivity index (χ3n) is 4.86. The predicted octanol–water partition coefficient (Wildman–Crippen LogP) is 3.09. The van der Waals surface area contributed by atoms with E-state index in [9.17, 15) is 18.0 Å². The number of hydrogen-bond donors (Lipinski definition) is 2. The third kappa shape index (κ3) is 4.45. The van der Waals surface area contributed by atoms with Gasteiger partial charge in [-0.1, -0.05) is 25.5 Å². The van der Waals surface area contributed by atoms with Gasteiger partial charge in [-0.05, 0) is 55.9 Å². The molecule has 1 amide bonds. The number of sulfonamides is 1. The summed E-state index contributed by atoms with van der Waals surface area (Å²) < 4.78 is 24.6. The van der Waals surface area contributed by atoms with Crippen molar-refractivity contribution in [2.45, 2.75) is 44.4 Å². The minimum Gasteiger partial charge on any atom is -0.295 e. The lowest BCUT2D eigenvalue weighted by Crippen LogP contribution is -2.41. The number of rotatable bonds is 6. The number of hydrazine groups is 1. The van der Waals surface area contributed by atoms with Crippen molar-refractivity contribution in [2.75, 3.05) is 0 Å². The van der Waals surface area contributed by atoms with E-state index in [0.29, 0.717) is 16.4 Å². The third-order valence-corrected chi connectivity index (χ3v) is 7.36. The molecule has 27 heavy (non-hydrogen) atoms. The first-order valence-corrected chi connectivity index (χ1v) is 11.1. The van der Waals surface area contributed by atoms with Crippen LogP contribution in [0.15, 0.2) is 35.2 Å². The molecule has 1 aliphatic rings. The van der Waals surface area contributed by atoms with Gasteiger partial charge < -0.3 is 0 Å². The van der Waals surface area contributed by atoms with Gasteiger partial charge in [0.05, 0.1) is 9.77 Å². The maximum absolute atomic E-state index is 12.4. The zero-order chi connectivity index (χ0) is 19.6. The first-order chi connectivity index (χ1) is 12.8. The van der Waals surface area contributed by atoms with Crippen LogP contribution >= 0.6 is 11.3 Å². The minimum absolute atomic E-state index is 0.0240. The molecule has 1 aromatic heterocycles. The number of thiophene rings is 1. The van der Waals surface area contributed by atoms with Crippen molar-refractivity contribution in [1.82, 2.24) is 10.3 Å². The number of benzene rings is 1. The van der Waals surface area contributed by atoms with Gasteiger partial charge in [-0.3, -0.25) is 15.0 Å². The molecular formula is C19H22N2O4S2. The highest BCUT2D eigenvalue weighted by Gasteiger charge is 2.23. The molecule has 6 nitrogen and oxygen atoms in total. The van der Waals surface area contributed by atoms with Crippen LogP contribution in [0.1, 0.15) is 57.2 Å². The van der Waals surface area contributed by atoms with E-state index in [-0.39, 0.29) is 10.7 Å². The Kier molecular flexibility index (Phi) is 5.78. The number of hydrogen-bond acceptors (Lipinski definition) is 5. The lowest BCUT2D eigenvalue weighted by atomic mass is 9.87. The number of carbonyl (C=O) groups is 2. The molecule has 0 fully saturated rings. The monoisotopic (exact) mass is 406 g/mol. The van der Waals surface area contributed by atoms with Gasteiger partial charge in [0, 0.05) is 10.4 Å². The Balaban J connectivity index is 1.66. The summed E-state index contributed by atoms with van der Waals surface area (Å²) in [5.41, 5.74) is 3.90. The number of aryl methyl sites for hydroxylation is 1. The molecule has 0 saturated carbocycles. The van der Waals surface area contributed by atoms with E-state index in [2.05, 4.69) is 17.2 Å². The van der Waals surface area contributed by atoms with Crippen LogP contribution < -0.4 is 10.3 Å². The normalized spacial score (nSPS) is 16.6. The zero-order valence-corrected chi connectivity index (χ0v) is 16.9. The van der Waals surface area contributed by atoms with E-state index < -0.39 is 15.9 Å². The van der Waals surface area contributed by atoms with Gasteiger partial charge in [0.1, 0.15) is 0 Å². The Hall–Kier alpha value is -2.03. The molecule has 8 heteroatoms. The van der Waals surface area contributed by atoms with E-state index in [4.69, 9.17) is 0 Å². The minimum atomic E-state index is -3.91. The molecule has 2 N–H and O–H groups in total. The van der Waals surface area contributed by atoms with Crippen LogP contribution in [-0.4, -0.2) is 20.1 Å². The van der Waals surface area contributed by atoms with Gasteiger partial charge in [0.25, 0.3) is 15.9 Å². The quantitative estimate of drug-likeness (QED) is 0.570. The zero-order valence-electron chi connectivity index (χ0n) is 15.2. The van der Waals surface area contributed by atoms with E-state index in [1.807, 2.05) is 6.07 Å². The lowest BCUT2D eigenvalue weighted by Gasteiger charge is -2.19. The van der Waals surface area contributed by atoms with Crippen molar-refractivity contribution < 1.29 is 18.0 Å². The van der Waals surface area contributed by atoms with Gasteiger partial charge in [-0.25, -0.2) is 8.42 Å². The summed E-state index contributed by atoms with van der Waals surface area (Å²) >= 11 is 1.42. The highest BCUT2D eigenvalue weighted by molar-refractivity contribution is 7.89. The second-order valence-corrected chi connectivity index (χ2v) is 9.54. The fourth-order valence-corrected chi connectivity index (χ4v) is 5.11. The molecule has 1 heterocycles. The number of ketones is 1. The molecule has 0 aliphatic heterocycles. The summed E-state index contributed by atoms with van der Waals surface area (Å²) in [6.45, 7) is 3.58. The summed E-state index contributed by atoms with van der Waals surface area (Å²) in [4.78, 5) is 27.5. The van der Waals surface area contributed by atoms with Crippen molar-refractivity contribution in [3.8, 4) is 0 Å². The fraction of sp³-hybridized carbons (Fsp3) is 0.368. The second kappa shape index (κ2) is 7.92. The van der Waals surface area contributed by atoms with Crippen molar-refractivity contribution in [3.63, 3.8) is 0 Å². The van der Waals surface area contributed by atoms with Crippen molar-refractivity contribution in [2.24, 2.45) is 5.92 Å². The lowest BCUT2D eigenvalue weighted by molar-refractivity contribution is 0.0948. The van der Waals surface area contributed by atoms with E-state index in [0.717, 1.165) is 25.7 Å². The first kappa shape index (κ1) is 19.7. The fourth-order valence-electron chi connectivity index (χ4n) is 3.16. The summed E-state index contributed by atoms with van der Waals surface area (Å²) in [5, 5.41) is 0. The van der Waals surface area contributed by atoms with Crippen LogP contribution in [0.2, 0.25) is 0 Å². The van der Waals surface area contributed by atoms with E-state index in [1.54, 1.807) is 0 Å². The molecular weight excluding hydrogens is 384 g/mol. The van der Waals surface area contributed by atoms with Crippen LogP contribution in [0.25, 0.3) is 0 Å². The number of amides is 1. The number of fused-ring (bicyclic) bond motifs is 1. The Morgan fingerprint density at radius 3 is 2.56 bits per heavy atom. The molecule has 0 radical (unpaired) electrons. The van der Waals surface area contributed by atoms with Crippen LogP contribution in [0, 0.1) is 5.92 Å². The molecule has 0 saturated heterocycles. The molecule has 0 unspecified atom stereocenters. The van der Waals surface area contributed by atoms with Crippen LogP contribution in [0.4, 0.5) is 0 Å². The summed E-state index contributed by atoms with van der Waals surface area (Å²) in [7, 11) is -3.91. The van der Waals surface area contributed by atoms with Crippen molar-refractivity contribution in [1.29, 1.82) is 0 Å². The second-order valence-electron chi connectivity index (χ2n) is 6.72.